The highest BCUT2D eigenvalue weighted by atomic mass is 79.9. The van der Waals surface area contributed by atoms with Crippen LogP contribution >= 0.6 is 38.9 Å². The fourth-order valence-electron chi connectivity index (χ4n) is 1.46. The van der Waals surface area contributed by atoms with Crippen LogP contribution in [0.4, 0.5) is 22.1 Å². The third-order valence-corrected chi connectivity index (χ3v) is 4.27. The summed E-state index contributed by atoms with van der Waals surface area (Å²) >= 11 is 9.60. The third-order valence-electron chi connectivity index (χ3n) is 2.28. The lowest BCUT2D eigenvalue weighted by molar-refractivity contribution is -0.421. The maximum Gasteiger partial charge on any atom is 0.381 e. The first-order valence-corrected chi connectivity index (χ1v) is 7.02. The molecule has 1 aromatic carbocycles. The molecule has 1 aromatic heterocycles. The van der Waals surface area contributed by atoms with Gasteiger partial charge in [-0.3, -0.25) is 20.2 Å². The van der Waals surface area contributed by atoms with E-state index >= 15 is 0 Å². The van der Waals surface area contributed by atoms with Gasteiger partial charge in [-0.25, -0.2) is 0 Å². The molecule has 0 bridgehead atoms. The van der Waals surface area contributed by atoms with E-state index in [2.05, 4.69) is 21.2 Å². The number of thiophene rings is 1. The van der Waals surface area contributed by atoms with Crippen molar-refractivity contribution in [2.75, 3.05) is 5.32 Å². The number of hydrogen-bond acceptors (Lipinski definition) is 6. The monoisotopic (exact) mass is 377 g/mol. The van der Waals surface area contributed by atoms with Crippen LogP contribution in [-0.4, -0.2) is 9.85 Å². The zero-order chi connectivity index (χ0) is 14.9. The van der Waals surface area contributed by atoms with Gasteiger partial charge < -0.3 is 5.32 Å². The summed E-state index contributed by atoms with van der Waals surface area (Å²) in [5, 5.41) is 25.3. The zero-order valence-electron chi connectivity index (χ0n) is 9.50. The Labute approximate surface area is 129 Å². The Bertz CT molecular complexity index is 689. The van der Waals surface area contributed by atoms with E-state index in [4.69, 9.17) is 11.6 Å². The predicted molar refractivity (Wildman–Crippen MR) is 80.1 cm³/mol. The van der Waals surface area contributed by atoms with Gasteiger partial charge in [0.25, 0.3) is 0 Å². The lowest BCUT2D eigenvalue weighted by Gasteiger charge is -2.02. The Balaban J connectivity index is 2.46. The number of rotatable bonds is 4. The van der Waals surface area contributed by atoms with E-state index in [-0.39, 0.29) is 8.79 Å². The van der Waals surface area contributed by atoms with Crippen LogP contribution < -0.4 is 5.32 Å². The first-order chi connectivity index (χ1) is 9.40. The molecule has 0 spiro atoms. The molecular formula is C10H5BrClN3O4S. The topological polar surface area (TPSA) is 98.3 Å². The molecule has 104 valence electrons. The third kappa shape index (κ3) is 2.89. The first kappa shape index (κ1) is 14.7. The highest BCUT2D eigenvalue weighted by Crippen LogP contribution is 2.49. The molecule has 0 saturated heterocycles. The lowest BCUT2D eigenvalue weighted by Crippen LogP contribution is -1.97. The molecule has 0 unspecified atom stereocenters. The van der Waals surface area contributed by atoms with Crippen molar-refractivity contribution in [2.24, 2.45) is 0 Å². The highest BCUT2D eigenvalue weighted by Gasteiger charge is 2.36. The molecule has 2 aromatic rings. The smallest absolute Gasteiger partial charge is 0.341 e. The fraction of sp³-hybridized carbons (Fsp3) is 0. The number of nitro groups is 2. The van der Waals surface area contributed by atoms with Gasteiger partial charge in [0.15, 0.2) is 8.79 Å². The number of halogens is 2. The summed E-state index contributed by atoms with van der Waals surface area (Å²) in [4.78, 5) is 20.4. The van der Waals surface area contributed by atoms with Crippen LogP contribution in [0.5, 0.6) is 0 Å². The molecule has 1 N–H and O–H groups in total. The van der Waals surface area contributed by atoms with Crippen LogP contribution in [-0.2, 0) is 0 Å². The lowest BCUT2D eigenvalue weighted by atomic mass is 10.3. The minimum Gasteiger partial charge on any atom is -0.341 e. The Hall–Kier alpha value is -1.71. The standard InChI is InChI=1S/C10H5BrClN3O4S/c11-9-7(14(16)17)8(15(18)19)10(20-9)13-6-3-1-5(12)2-4-6/h1-4,13H. The summed E-state index contributed by atoms with van der Waals surface area (Å²) in [6, 6.07) is 6.44. The van der Waals surface area contributed by atoms with Gasteiger partial charge in [-0.15, -0.1) is 0 Å². The van der Waals surface area contributed by atoms with Crippen molar-refractivity contribution in [3.8, 4) is 0 Å². The Morgan fingerprint density at radius 3 is 2.15 bits per heavy atom. The quantitative estimate of drug-likeness (QED) is 0.613. The molecule has 1 heterocycles. The van der Waals surface area contributed by atoms with Gasteiger partial charge in [0.05, 0.1) is 9.85 Å². The number of nitrogens with one attached hydrogen (secondary N) is 1. The van der Waals surface area contributed by atoms with Crippen LogP contribution in [0.2, 0.25) is 5.02 Å². The second-order valence-electron chi connectivity index (χ2n) is 3.55. The Morgan fingerprint density at radius 1 is 1.10 bits per heavy atom. The number of hydrogen-bond donors (Lipinski definition) is 1. The SMILES string of the molecule is O=[N+]([O-])c1c(Br)sc(Nc2ccc(Cl)cc2)c1[N+](=O)[O-]. The van der Waals surface area contributed by atoms with E-state index in [0.29, 0.717) is 10.7 Å². The molecule has 0 radical (unpaired) electrons. The maximum atomic E-state index is 11.0. The minimum absolute atomic E-state index is 0.0795. The van der Waals surface area contributed by atoms with E-state index in [9.17, 15) is 20.2 Å². The molecule has 0 aliphatic rings. The summed E-state index contributed by atoms with van der Waals surface area (Å²) in [5.74, 6) is 0. The van der Waals surface area contributed by atoms with E-state index in [1.165, 1.54) is 0 Å². The van der Waals surface area contributed by atoms with Crippen molar-refractivity contribution in [1.82, 2.24) is 0 Å². The fourth-order valence-corrected chi connectivity index (χ4v) is 3.29. The Kier molecular flexibility index (Phi) is 4.21. The van der Waals surface area contributed by atoms with Crippen molar-refractivity contribution < 1.29 is 9.85 Å². The highest BCUT2D eigenvalue weighted by molar-refractivity contribution is 9.11. The molecule has 0 atom stereocenters. The molecular weight excluding hydrogens is 374 g/mol. The van der Waals surface area contributed by atoms with Crippen LogP contribution in [0.1, 0.15) is 0 Å². The van der Waals surface area contributed by atoms with E-state index in [0.717, 1.165) is 11.3 Å². The summed E-state index contributed by atoms with van der Waals surface area (Å²) < 4.78 is 0.0886. The average molecular weight is 379 g/mol. The molecule has 0 aliphatic heterocycles. The van der Waals surface area contributed by atoms with Gasteiger partial charge in [0, 0.05) is 10.7 Å². The molecule has 0 amide bonds. The summed E-state index contributed by atoms with van der Waals surface area (Å²) in [7, 11) is 0. The van der Waals surface area contributed by atoms with Crippen LogP contribution in [0.3, 0.4) is 0 Å². The summed E-state index contributed by atoms with van der Waals surface area (Å²) in [6.45, 7) is 0. The van der Waals surface area contributed by atoms with E-state index in [1.807, 2.05) is 0 Å². The van der Waals surface area contributed by atoms with Crippen molar-refractivity contribution in [3.05, 3.63) is 53.3 Å². The number of nitrogens with zero attached hydrogens (tertiary/aromatic N) is 2. The molecule has 20 heavy (non-hydrogen) atoms. The van der Waals surface area contributed by atoms with Crippen molar-refractivity contribution in [2.45, 2.75) is 0 Å². The van der Waals surface area contributed by atoms with Gasteiger partial charge >= 0.3 is 11.4 Å². The van der Waals surface area contributed by atoms with E-state index < -0.39 is 21.2 Å². The summed E-state index contributed by atoms with van der Waals surface area (Å²) in [5.41, 5.74) is -0.584. The van der Waals surface area contributed by atoms with Gasteiger partial charge in [-0.05, 0) is 40.2 Å². The second-order valence-corrected chi connectivity index (χ2v) is 6.32. The largest absolute Gasteiger partial charge is 0.381 e. The minimum atomic E-state index is -0.786. The van der Waals surface area contributed by atoms with Gasteiger partial charge in [0.1, 0.15) is 0 Å². The van der Waals surface area contributed by atoms with Crippen molar-refractivity contribution in [3.63, 3.8) is 0 Å². The Morgan fingerprint density at radius 2 is 1.65 bits per heavy atom. The molecule has 0 aliphatic carbocycles. The number of anilines is 2. The van der Waals surface area contributed by atoms with Gasteiger partial charge in [0.2, 0.25) is 0 Å². The van der Waals surface area contributed by atoms with Crippen LogP contribution in [0.15, 0.2) is 28.1 Å². The van der Waals surface area contributed by atoms with Gasteiger partial charge in [-0.1, -0.05) is 22.9 Å². The molecule has 2 rings (SSSR count). The maximum absolute atomic E-state index is 11.0. The van der Waals surface area contributed by atoms with Crippen molar-refractivity contribution in [1.29, 1.82) is 0 Å². The first-order valence-electron chi connectivity index (χ1n) is 5.04. The average Bonchev–Trinajstić information content (AvgIpc) is 2.69. The van der Waals surface area contributed by atoms with Gasteiger partial charge in [-0.2, -0.15) is 0 Å². The molecule has 10 heteroatoms. The van der Waals surface area contributed by atoms with Crippen LogP contribution in [0.25, 0.3) is 0 Å². The predicted octanol–water partition coefficient (Wildman–Crippen LogP) is 4.72. The zero-order valence-corrected chi connectivity index (χ0v) is 12.7. The molecule has 7 nitrogen and oxygen atoms in total. The summed E-state index contributed by atoms with van der Waals surface area (Å²) in [6.07, 6.45) is 0. The molecule has 0 fully saturated rings. The van der Waals surface area contributed by atoms with Crippen LogP contribution in [0, 0.1) is 20.2 Å². The molecule has 0 saturated carbocycles. The van der Waals surface area contributed by atoms with E-state index in [1.54, 1.807) is 24.3 Å². The number of benzene rings is 1. The second kappa shape index (κ2) is 5.73. The van der Waals surface area contributed by atoms with Crippen molar-refractivity contribution >= 4 is 60.9 Å². The normalized spacial score (nSPS) is 10.3.